The van der Waals surface area contributed by atoms with E-state index in [1.54, 1.807) is 17.9 Å². The van der Waals surface area contributed by atoms with Crippen LogP contribution >= 0.6 is 0 Å². The monoisotopic (exact) mass is 495 g/mol. The maximum Gasteiger partial charge on any atom is 0.147 e. The van der Waals surface area contributed by atoms with E-state index in [1.807, 2.05) is 37.5 Å². The minimum atomic E-state index is 0.185. The zero-order valence-electron chi connectivity index (χ0n) is 21.5. The maximum atomic E-state index is 10.9. The molecular weight excluding hydrogens is 462 g/mol. The molecule has 1 saturated heterocycles. The summed E-state index contributed by atoms with van der Waals surface area (Å²) in [6.45, 7) is 3.43. The maximum absolute atomic E-state index is 10.9. The Bertz CT molecular complexity index is 1460. The predicted molar refractivity (Wildman–Crippen MR) is 144 cm³/mol. The lowest BCUT2D eigenvalue weighted by atomic mass is 9.86. The molecule has 2 aromatic carbocycles. The third-order valence-corrected chi connectivity index (χ3v) is 8.74. The fraction of sp³-hybridized carbons (Fsp3) is 0.433. The topological polar surface area (TPSA) is 76.3 Å². The van der Waals surface area contributed by atoms with Crippen LogP contribution < -0.4 is 4.74 Å². The summed E-state index contributed by atoms with van der Waals surface area (Å²) in [5, 5.41) is 25.4. The Kier molecular flexibility index (Phi) is 5.43. The van der Waals surface area contributed by atoms with Gasteiger partial charge in [-0.05, 0) is 91.0 Å². The molecule has 2 aromatic heterocycles. The SMILES string of the molecule is COc1cc(-c2ccc(-c3ccc(C4CN(CC5CCC6CC6C5)C4)nn3)c(O)c2)cc2cn(C)nc12. The summed E-state index contributed by atoms with van der Waals surface area (Å²) in [7, 11) is 3.54. The van der Waals surface area contributed by atoms with Crippen molar-refractivity contribution in [3.63, 3.8) is 0 Å². The number of aromatic hydroxyl groups is 1. The molecule has 2 aliphatic carbocycles. The van der Waals surface area contributed by atoms with Crippen LogP contribution in [0.3, 0.4) is 0 Å². The highest BCUT2D eigenvalue weighted by Gasteiger charge is 2.43. The second-order valence-electron chi connectivity index (χ2n) is 11.3. The van der Waals surface area contributed by atoms with E-state index in [0.29, 0.717) is 22.9 Å². The van der Waals surface area contributed by atoms with Crippen LogP contribution in [0.4, 0.5) is 0 Å². The Morgan fingerprint density at radius 2 is 1.86 bits per heavy atom. The average molecular weight is 496 g/mol. The van der Waals surface area contributed by atoms with Crippen molar-refractivity contribution in [1.29, 1.82) is 0 Å². The largest absolute Gasteiger partial charge is 0.507 e. The molecule has 7 nitrogen and oxygen atoms in total. The standard InChI is InChI=1S/C30H33N5O2/c1-34-15-23-11-22(13-29(37-2)30(23)33-34)20-5-6-25(28(36)12-20)27-8-7-26(31-32-27)24-16-35(17-24)14-18-3-4-19-10-21(19)9-18/h5-8,11-13,15,18-19,21,24,36H,3-4,9-10,14,16-17H2,1-2H3. The molecular formula is C30H33N5O2. The van der Waals surface area contributed by atoms with Crippen molar-refractivity contribution >= 4 is 10.9 Å². The number of nitrogens with zero attached hydrogens (tertiary/aromatic N) is 5. The molecule has 4 aromatic rings. The van der Waals surface area contributed by atoms with Crippen molar-refractivity contribution in [2.45, 2.75) is 31.6 Å². The lowest BCUT2D eigenvalue weighted by molar-refractivity contribution is 0.107. The summed E-state index contributed by atoms with van der Waals surface area (Å²) in [6.07, 6.45) is 7.79. The fourth-order valence-electron chi connectivity index (χ4n) is 6.56. The Morgan fingerprint density at radius 3 is 2.62 bits per heavy atom. The minimum Gasteiger partial charge on any atom is -0.507 e. The first-order valence-electron chi connectivity index (χ1n) is 13.4. The quantitative estimate of drug-likeness (QED) is 0.394. The van der Waals surface area contributed by atoms with Crippen molar-refractivity contribution in [3.8, 4) is 33.9 Å². The van der Waals surface area contributed by atoms with Gasteiger partial charge < -0.3 is 14.7 Å². The summed E-state index contributed by atoms with van der Waals surface area (Å²) < 4.78 is 7.34. The Morgan fingerprint density at radius 1 is 0.973 bits per heavy atom. The number of likely N-dealkylation sites (tertiary alicyclic amines) is 1. The average Bonchev–Trinajstić information content (AvgIpc) is 3.56. The van der Waals surface area contributed by atoms with Gasteiger partial charge in [0.1, 0.15) is 17.0 Å². The van der Waals surface area contributed by atoms with Gasteiger partial charge in [0.25, 0.3) is 0 Å². The first-order valence-corrected chi connectivity index (χ1v) is 13.4. The number of aromatic nitrogens is 4. The van der Waals surface area contributed by atoms with Crippen LogP contribution in [0.15, 0.2) is 48.7 Å². The molecule has 37 heavy (non-hydrogen) atoms. The zero-order chi connectivity index (χ0) is 25.1. The molecule has 0 radical (unpaired) electrons. The number of ether oxygens (including phenoxy) is 1. The van der Waals surface area contributed by atoms with Crippen molar-refractivity contribution in [2.24, 2.45) is 24.8 Å². The van der Waals surface area contributed by atoms with Gasteiger partial charge in [-0.15, -0.1) is 0 Å². The minimum absolute atomic E-state index is 0.185. The van der Waals surface area contributed by atoms with Crippen LogP contribution in [-0.4, -0.2) is 56.7 Å². The van der Waals surface area contributed by atoms with Crippen molar-refractivity contribution < 1.29 is 9.84 Å². The summed E-state index contributed by atoms with van der Waals surface area (Å²) in [5.74, 6) is 4.38. The van der Waals surface area contributed by atoms with Gasteiger partial charge in [-0.1, -0.05) is 6.07 Å². The first-order chi connectivity index (χ1) is 18.0. The highest BCUT2D eigenvalue weighted by atomic mass is 16.5. The van der Waals surface area contributed by atoms with Gasteiger partial charge in [-0.25, -0.2) is 0 Å². The number of rotatable bonds is 6. The van der Waals surface area contributed by atoms with Crippen molar-refractivity contribution in [1.82, 2.24) is 24.9 Å². The van der Waals surface area contributed by atoms with Crippen LogP contribution in [0.5, 0.6) is 11.5 Å². The van der Waals surface area contributed by atoms with E-state index >= 15 is 0 Å². The number of phenols is 1. The highest BCUT2D eigenvalue weighted by molar-refractivity contribution is 5.90. The smallest absolute Gasteiger partial charge is 0.147 e. The number of phenolic OH excluding ortho intramolecular Hbond substituents is 1. The number of methoxy groups -OCH3 is 1. The Balaban J connectivity index is 1.04. The zero-order valence-corrected chi connectivity index (χ0v) is 21.5. The second-order valence-corrected chi connectivity index (χ2v) is 11.3. The Hall–Kier alpha value is -3.45. The molecule has 2 saturated carbocycles. The van der Waals surface area contributed by atoms with Crippen LogP contribution in [0.2, 0.25) is 0 Å². The summed E-state index contributed by atoms with van der Waals surface area (Å²) in [4.78, 5) is 2.59. The fourth-order valence-corrected chi connectivity index (χ4v) is 6.56. The number of hydrogen-bond acceptors (Lipinski definition) is 6. The van der Waals surface area contributed by atoms with E-state index in [4.69, 9.17) is 4.74 Å². The molecule has 0 amide bonds. The summed E-state index contributed by atoms with van der Waals surface area (Å²) >= 11 is 0. The van der Waals surface area contributed by atoms with Gasteiger partial charge >= 0.3 is 0 Å². The lowest BCUT2D eigenvalue weighted by Crippen LogP contribution is -2.47. The summed E-state index contributed by atoms with van der Waals surface area (Å²) in [5.41, 5.74) is 5.11. The van der Waals surface area contributed by atoms with E-state index in [1.165, 1.54) is 32.2 Å². The van der Waals surface area contributed by atoms with E-state index in [9.17, 15) is 5.11 Å². The molecule has 3 heterocycles. The van der Waals surface area contributed by atoms with Crippen LogP contribution in [0, 0.1) is 17.8 Å². The van der Waals surface area contributed by atoms with E-state index < -0.39 is 0 Å². The number of fused-ring (bicyclic) bond motifs is 2. The predicted octanol–water partition coefficient (Wildman–Crippen LogP) is 5.25. The molecule has 1 N–H and O–H groups in total. The van der Waals surface area contributed by atoms with Gasteiger partial charge in [0.05, 0.1) is 18.5 Å². The molecule has 3 aliphatic rings. The molecule has 3 unspecified atom stereocenters. The van der Waals surface area contributed by atoms with Gasteiger partial charge in [0, 0.05) is 49.7 Å². The van der Waals surface area contributed by atoms with E-state index in [0.717, 1.165) is 58.6 Å². The van der Waals surface area contributed by atoms with Gasteiger partial charge in [-0.2, -0.15) is 15.3 Å². The molecule has 0 spiro atoms. The normalized spacial score (nSPS) is 23.6. The van der Waals surface area contributed by atoms with E-state index in [2.05, 4.69) is 32.3 Å². The van der Waals surface area contributed by atoms with Gasteiger partial charge in [0.15, 0.2) is 0 Å². The van der Waals surface area contributed by atoms with Gasteiger partial charge in [0.2, 0.25) is 0 Å². The van der Waals surface area contributed by atoms with Crippen molar-refractivity contribution in [2.75, 3.05) is 26.7 Å². The van der Waals surface area contributed by atoms with Crippen molar-refractivity contribution in [3.05, 3.63) is 54.4 Å². The molecule has 3 atom stereocenters. The molecule has 0 bridgehead atoms. The molecule has 1 aliphatic heterocycles. The third-order valence-electron chi connectivity index (χ3n) is 8.74. The molecule has 7 heteroatoms. The molecule has 190 valence electrons. The lowest BCUT2D eigenvalue weighted by Gasteiger charge is -2.41. The second kappa shape index (κ2) is 8.84. The van der Waals surface area contributed by atoms with Crippen LogP contribution in [0.25, 0.3) is 33.3 Å². The van der Waals surface area contributed by atoms with Crippen LogP contribution in [0.1, 0.15) is 37.3 Å². The number of aryl methyl sites for hydroxylation is 1. The molecule has 7 rings (SSSR count). The van der Waals surface area contributed by atoms with Crippen LogP contribution in [-0.2, 0) is 7.05 Å². The van der Waals surface area contributed by atoms with E-state index in [-0.39, 0.29) is 5.75 Å². The first kappa shape index (κ1) is 22.7. The highest BCUT2D eigenvalue weighted by Crippen LogP contribution is 2.51. The third kappa shape index (κ3) is 4.25. The van der Waals surface area contributed by atoms with Gasteiger partial charge in [-0.3, -0.25) is 4.68 Å². The number of hydrogen-bond donors (Lipinski definition) is 1. The summed E-state index contributed by atoms with van der Waals surface area (Å²) in [6, 6.07) is 13.8. The molecule has 3 fully saturated rings. The Labute approximate surface area is 217 Å². The number of benzene rings is 2.